The Hall–Kier alpha value is -2.47. The van der Waals surface area contributed by atoms with Crippen molar-refractivity contribution in [2.45, 2.75) is 30.3 Å². The molecule has 0 radical (unpaired) electrons. The van der Waals surface area contributed by atoms with Crippen LogP contribution in [0.25, 0.3) is 0 Å². The van der Waals surface area contributed by atoms with Crippen LogP contribution in [-0.2, 0) is 10.2 Å². The van der Waals surface area contributed by atoms with E-state index in [1.807, 2.05) is 24.3 Å². The maximum Gasteiger partial charge on any atom is 0.315 e. The van der Waals surface area contributed by atoms with Crippen LogP contribution in [-0.4, -0.2) is 32.4 Å². The van der Waals surface area contributed by atoms with Gasteiger partial charge in [0.15, 0.2) is 0 Å². The van der Waals surface area contributed by atoms with E-state index < -0.39 is 0 Å². The number of urea groups is 1. The fraction of sp³-hybridized carbons (Fsp3) is 0.421. The van der Waals surface area contributed by atoms with Gasteiger partial charge in [-0.15, -0.1) is 0 Å². The number of hydrogen-bond donors (Lipinski definition) is 2. The number of furan rings is 1. The van der Waals surface area contributed by atoms with Crippen molar-refractivity contribution >= 4 is 6.03 Å². The molecule has 2 aromatic rings. The maximum absolute atomic E-state index is 12.5. The Morgan fingerprint density at radius 2 is 2.24 bits per heavy atom. The van der Waals surface area contributed by atoms with Gasteiger partial charge in [-0.1, -0.05) is 18.2 Å². The van der Waals surface area contributed by atoms with Crippen molar-refractivity contribution in [3.63, 3.8) is 0 Å². The lowest BCUT2D eigenvalue weighted by atomic mass is 9.89. The molecule has 0 saturated heterocycles. The van der Waals surface area contributed by atoms with Crippen LogP contribution in [0.1, 0.15) is 30.2 Å². The summed E-state index contributed by atoms with van der Waals surface area (Å²) in [6, 6.07) is 11.3. The number of amides is 2. The fourth-order valence-corrected chi connectivity index (χ4v) is 3.76. The second-order valence-corrected chi connectivity index (χ2v) is 6.65. The van der Waals surface area contributed by atoms with Gasteiger partial charge in [-0.2, -0.15) is 0 Å². The molecule has 2 aliphatic rings. The highest BCUT2D eigenvalue weighted by Crippen LogP contribution is 2.55. The number of carbonyl (C=O) groups is 1. The Morgan fingerprint density at radius 1 is 1.36 bits per heavy atom. The number of nitrogens with one attached hydrogen (secondary N) is 2. The van der Waals surface area contributed by atoms with Crippen LogP contribution in [0.15, 0.2) is 47.1 Å². The van der Waals surface area contributed by atoms with E-state index >= 15 is 0 Å². The molecule has 3 atom stereocenters. The molecule has 1 saturated carbocycles. The lowest BCUT2D eigenvalue weighted by molar-refractivity contribution is 0.156. The lowest BCUT2D eigenvalue weighted by Crippen LogP contribution is -2.42. The number of fused-ring (bicyclic) bond motifs is 2. The topological polar surface area (TPSA) is 72.7 Å². The zero-order valence-electron chi connectivity index (χ0n) is 14.2. The van der Waals surface area contributed by atoms with E-state index in [-0.39, 0.29) is 23.5 Å². The van der Waals surface area contributed by atoms with Gasteiger partial charge in [0.05, 0.1) is 19.5 Å². The van der Waals surface area contributed by atoms with Gasteiger partial charge in [0.25, 0.3) is 0 Å². The summed E-state index contributed by atoms with van der Waals surface area (Å²) in [5.41, 5.74) is 1.21. The molecular formula is C19H22N2O4. The van der Waals surface area contributed by atoms with Gasteiger partial charge in [-0.25, -0.2) is 4.79 Å². The van der Waals surface area contributed by atoms with Crippen molar-refractivity contribution in [1.82, 2.24) is 10.6 Å². The molecule has 132 valence electrons. The van der Waals surface area contributed by atoms with Gasteiger partial charge in [0.1, 0.15) is 17.6 Å². The van der Waals surface area contributed by atoms with Crippen molar-refractivity contribution in [2.24, 2.45) is 0 Å². The quantitative estimate of drug-likeness (QED) is 0.876. The van der Waals surface area contributed by atoms with E-state index in [0.29, 0.717) is 19.0 Å². The molecule has 1 aromatic carbocycles. The van der Waals surface area contributed by atoms with Crippen molar-refractivity contribution in [3.8, 4) is 5.75 Å². The summed E-state index contributed by atoms with van der Waals surface area (Å²) in [5.74, 6) is 1.62. The molecule has 2 heterocycles. The summed E-state index contributed by atoms with van der Waals surface area (Å²) in [6.45, 7) is 1.04. The minimum atomic E-state index is -0.309. The SMILES string of the molecule is COC[C@H](NC(=O)N[C@@H]1C[C@@]12CCOc1ccccc12)c1ccco1. The highest BCUT2D eigenvalue weighted by atomic mass is 16.5. The van der Waals surface area contributed by atoms with Crippen molar-refractivity contribution in [2.75, 3.05) is 20.3 Å². The minimum absolute atomic E-state index is 0.00756. The first-order valence-electron chi connectivity index (χ1n) is 8.54. The molecule has 1 aliphatic heterocycles. The predicted molar refractivity (Wildman–Crippen MR) is 91.6 cm³/mol. The van der Waals surface area contributed by atoms with E-state index in [9.17, 15) is 4.79 Å². The molecule has 1 aliphatic carbocycles. The molecule has 6 heteroatoms. The Labute approximate surface area is 146 Å². The average molecular weight is 342 g/mol. The summed E-state index contributed by atoms with van der Waals surface area (Å²) in [6.07, 6.45) is 3.46. The first-order valence-corrected chi connectivity index (χ1v) is 8.54. The number of rotatable bonds is 5. The number of hydrogen-bond acceptors (Lipinski definition) is 4. The fourth-order valence-electron chi connectivity index (χ4n) is 3.76. The second-order valence-electron chi connectivity index (χ2n) is 6.65. The number of benzene rings is 1. The lowest BCUT2D eigenvalue weighted by Gasteiger charge is -2.27. The standard InChI is InChI=1S/C19H22N2O4/c1-23-12-14(16-7-4-9-24-16)20-18(22)21-17-11-19(17)8-10-25-15-6-3-2-5-13(15)19/h2-7,9,14,17H,8,10-12H2,1H3,(H2,20,21,22)/t14-,17+,19+/m0/s1. The summed E-state index contributed by atoms with van der Waals surface area (Å²) < 4.78 is 16.3. The predicted octanol–water partition coefficient (Wildman–Crippen LogP) is 2.76. The third-order valence-corrected chi connectivity index (χ3v) is 5.14. The van der Waals surface area contributed by atoms with Gasteiger partial charge < -0.3 is 24.5 Å². The third kappa shape index (κ3) is 2.98. The molecule has 1 fully saturated rings. The van der Waals surface area contributed by atoms with Crippen LogP contribution < -0.4 is 15.4 Å². The molecule has 2 N–H and O–H groups in total. The van der Waals surface area contributed by atoms with Crippen molar-refractivity contribution < 1.29 is 18.7 Å². The Balaban J connectivity index is 1.42. The smallest absolute Gasteiger partial charge is 0.315 e. The van der Waals surface area contributed by atoms with Crippen LogP contribution in [0.2, 0.25) is 0 Å². The van der Waals surface area contributed by atoms with Crippen molar-refractivity contribution in [1.29, 1.82) is 0 Å². The molecule has 2 amide bonds. The molecule has 25 heavy (non-hydrogen) atoms. The van der Waals surface area contributed by atoms with E-state index in [1.54, 1.807) is 19.4 Å². The largest absolute Gasteiger partial charge is 0.493 e. The minimum Gasteiger partial charge on any atom is -0.493 e. The summed E-state index contributed by atoms with van der Waals surface area (Å²) in [4.78, 5) is 12.5. The first kappa shape index (κ1) is 16.0. The Kier molecular flexibility index (Phi) is 4.13. The normalized spacial score (nSPS) is 24.9. The van der Waals surface area contributed by atoms with Gasteiger partial charge in [0, 0.05) is 24.1 Å². The number of methoxy groups -OCH3 is 1. The van der Waals surface area contributed by atoms with Gasteiger partial charge in [0.2, 0.25) is 0 Å². The Bertz CT molecular complexity index is 746. The van der Waals surface area contributed by atoms with Crippen LogP contribution in [0, 0.1) is 0 Å². The molecule has 1 aromatic heterocycles. The first-order chi connectivity index (χ1) is 12.2. The zero-order valence-corrected chi connectivity index (χ0v) is 14.2. The summed E-state index contributed by atoms with van der Waals surface area (Å²) in [5, 5.41) is 6.04. The summed E-state index contributed by atoms with van der Waals surface area (Å²) >= 11 is 0. The molecule has 6 nitrogen and oxygen atoms in total. The van der Waals surface area contributed by atoms with E-state index in [0.717, 1.165) is 18.6 Å². The second kappa shape index (κ2) is 6.44. The highest BCUT2D eigenvalue weighted by Gasteiger charge is 2.58. The Morgan fingerprint density at radius 3 is 3.04 bits per heavy atom. The molecule has 0 unspecified atom stereocenters. The van der Waals surface area contributed by atoms with E-state index in [2.05, 4.69) is 16.7 Å². The average Bonchev–Trinajstić information content (AvgIpc) is 3.05. The van der Waals surface area contributed by atoms with E-state index in [4.69, 9.17) is 13.9 Å². The van der Waals surface area contributed by atoms with Crippen LogP contribution in [0.4, 0.5) is 4.79 Å². The highest BCUT2D eigenvalue weighted by molar-refractivity contribution is 5.76. The van der Waals surface area contributed by atoms with Gasteiger partial charge in [-0.3, -0.25) is 0 Å². The van der Waals surface area contributed by atoms with Crippen LogP contribution in [0.5, 0.6) is 5.75 Å². The van der Waals surface area contributed by atoms with Crippen molar-refractivity contribution in [3.05, 3.63) is 54.0 Å². The number of para-hydroxylation sites is 1. The zero-order chi connectivity index (χ0) is 17.3. The molecule has 4 rings (SSSR count). The molecule has 0 bridgehead atoms. The monoisotopic (exact) mass is 342 g/mol. The number of carbonyl (C=O) groups excluding carboxylic acids is 1. The van der Waals surface area contributed by atoms with Crippen LogP contribution >= 0.6 is 0 Å². The maximum atomic E-state index is 12.5. The molecule has 1 spiro atoms. The molecular weight excluding hydrogens is 320 g/mol. The van der Waals surface area contributed by atoms with E-state index in [1.165, 1.54) is 5.56 Å². The van der Waals surface area contributed by atoms with Gasteiger partial charge >= 0.3 is 6.03 Å². The third-order valence-electron chi connectivity index (χ3n) is 5.14. The summed E-state index contributed by atoms with van der Waals surface area (Å²) in [7, 11) is 1.60. The number of ether oxygens (including phenoxy) is 2. The van der Waals surface area contributed by atoms with Crippen LogP contribution in [0.3, 0.4) is 0 Å². The van der Waals surface area contributed by atoms with Gasteiger partial charge in [-0.05, 0) is 31.0 Å².